The number of aryl methyl sites for hydroxylation is 1. The first-order chi connectivity index (χ1) is 12.0. The van der Waals surface area contributed by atoms with Crippen LogP contribution in [0.5, 0.6) is 0 Å². The molecule has 2 aliphatic heterocycles. The number of hydrogen-bond acceptors (Lipinski definition) is 3. The Balaban J connectivity index is 1.67. The molecule has 0 bridgehead atoms. The zero-order valence-corrected chi connectivity index (χ0v) is 14.8. The lowest BCUT2D eigenvalue weighted by molar-refractivity contribution is -0.138. The third-order valence-corrected chi connectivity index (χ3v) is 5.16. The van der Waals surface area contributed by atoms with E-state index in [0.717, 1.165) is 19.4 Å². The number of carbonyl (C=O) groups excluding carboxylic acids is 2. The van der Waals surface area contributed by atoms with Crippen molar-refractivity contribution in [1.29, 1.82) is 0 Å². The predicted octanol–water partition coefficient (Wildman–Crippen LogP) is 2.37. The van der Waals surface area contributed by atoms with Gasteiger partial charge in [0.2, 0.25) is 11.8 Å². The van der Waals surface area contributed by atoms with E-state index < -0.39 is 0 Å². The number of carbonyl (C=O) groups is 2. The van der Waals surface area contributed by atoms with E-state index in [1.165, 1.54) is 6.07 Å². The highest BCUT2D eigenvalue weighted by Crippen LogP contribution is 2.29. The van der Waals surface area contributed by atoms with Gasteiger partial charge in [0.05, 0.1) is 12.5 Å². The largest absolute Gasteiger partial charge is 0.384 e. The van der Waals surface area contributed by atoms with Gasteiger partial charge in [0, 0.05) is 38.9 Å². The van der Waals surface area contributed by atoms with E-state index in [4.69, 9.17) is 4.74 Å². The number of nitrogens with zero attached hydrogens (tertiary/aromatic N) is 2. The molecule has 25 heavy (non-hydrogen) atoms. The van der Waals surface area contributed by atoms with Gasteiger partial charge in [0.15, 0.2) is 0 Å². The molecule has 1 aromatic rings. The van der Waals surface area contributed by atoms with Gasteiger partial charge in [-0.05, 0) is 49.4 Å². The lowest BCUT2D eigenvalue weighted by Crippen LogP contribution is -2.44. The Bertz CT molecular complexity index is 662. The molecule has 0 aromatic heterocycles. The van der Waals surface area contributed by atoms with Crippen molar-refractivity contribution in [3.05, 3.63) is 29.6 Å². The minimum absolute atomic E-state index is 0.0514. The van der Waals surface area contributed by atoms with Gasteiger partial charge >= 0.3 is 0 Å². The lowest BCUT2D eigenvalue weighted by Gasteiger charge is -2.34. The Kier molecular flexibility index (Phi) is 5.37. The van der Waals surface area contributed by atoms with Gasteiger partial charge in [-0.15, -0.1) is 0 Å². The molecule has 2 amide bonds. The quantitative estimate of drug-likeness (QED) is 0.839. The molecule has 136 valence electrons. The molecular weight excluding hydrogens is 323 g/mol. The fraction of sp³-hybridized carbons (Fsp3) is 0.579. The fourth-order valence-corrected chi connectivity index (χ4v) is 3.81. The Morgan fingerprint density at radius 1 is 1.36 bits per heavy atom. The van der Waals surface area contributed by atoms with E-state index in [2.05, 4.69) is 0 Å². The molecule has 2 heterocycles. The van der Waals surface area contributed by atoms with Crippen LogP contribution in [-0.2, 0) is 14.3 Å². The first-order valence-electron chi connectivity index (χ1n) is 8.84. The Morgan fingerprint density at radius 2 is 2.16 bits per heavy atom. The monoisotopic (exact) mass is 348 g/mol. The Labute approximate surface area is 147 Å². The summed E-state index contributed by atoms with van der Waals surface area (Å²) in [5, 5.41) is 0. The van der Waals surface area contributed by atoms with Crippen molar-refractivity contribution in [3.63, 3.8) is 0 Å². The topological polar surface area (TPSA) is 49.9 Å². The molecule has 5 nitrogen and oxygen atoms in total. The smallest absolute Gasteiger partial charge is 0.228 e. The zero-order chi connectivity index (χ0) is 18.0. The second-order valence-corrected chi connectivity index (χ2v) is 7.09. The van der Waals surface area contributed by atoms with Crippen LogP contribution < -0.4 is 4.90 Å². The summed E-state index contributed by atoms with van der Waals surface area (Å²) in [5.74, 6) is -0.263. The number of methoxy groups -OCH3 is 1. The highest BCUT2D eigenvalue weighted by molar-refractivity contribution is 6.00. The standard InChI is InChI=1S/C19H25FN2O3/c1-13-8-16(5-6-17(13)20)22-11-15(9-18(22)23)19(24)21-7-3-4-14(10-21)12-25-2/h5-6,8,14-15H,3-4,7,9-12H2,1-2H3/t14-,15-/m1/s1. The van der Waals surface area contributed by atoms with E-state index in [1.807, 2.05) is 4.90 Å². The maximum absolute atomic E-state index is 13.5. The number of amides is 2. The maximum atomic E-state index is 13.5. The van der Waals surface area contributed by atoms with Crippen molar-refractivity contribution in [2.45, 2.75) is 26.2 Å². The van der Waals surface area contributed by atoms with Crippen LogP contribution in [0.4, 0.5) is 10.1 Å². The van der Waals surface area contributed by atoms with Crippen LogP contribution in [0, 0.1) is 24.6 Å². The van der Waals surface area contributed by atoms with E-state index >= 15 is 0 Å². The molecule has 1 aromatic carbocycles. The van der Waals surface area contributed by atoms with Crippen molar-refractivity contribution in [2.75, 3.05) is 38.3 Å². The van der Waals surface area contributed by atoms with Crippen LogP contribution >= 0.6 is 0 Å². The number of likely N-dealkylation sites (tertiary alicyclic amines) is 1. The molecule has 0 aliphatic carbocycles. The van der Waals surface area contributed by atoms with Crippen LogP contribution in [0.3, 0.4) is 0 Å². The third kappa shape index (κ3) is 3.84. The SMILES string of the molecule is COC[C@@H]1CCCN(C(=O)[C@@H]2CC(=O)N(c3ccc(F)c(C)c3)C2)C1. The second-order valence-electron chi connectivity index (χ2n) is 7.09. The average Bonchev–Trinajstić information content (AvgIpc) is 2.99. The van der Waals surface area contributed by atoms with Crippen LogP contribution in [0.2, 0.25) is 0 Å². The van der Waals surface area contributed by atoms with E-state index in [1.54, 1.807) is 31.1 Å². The first-order valence-corrected chi connectivity index (χ1v) is 8.84. The number of ether oxygens (including phenoxy) is 1. The van der Waals surface area contributed by atoms with E-state index in [-0.39, 0.29) is 30.0 Å². The highest BCUT2D eigenvalue weighted by Gasteiger charge is 2.38. The number of benzene rings is 1. The molecular formula is C19H25FN2O3. The summed E-state index contributed by atoms with van der Waals surface area (Å²) in [5.41, 5.74) is 1.16. The molecule has 2 fully saturated rings. The number of hydrogen-bond donors (Lipinski definition) is 0. The molecule has 0 saturated carbocycles. The molecule has 3 rings (SSSR count). The van der Waals surface area contributed by atoms with Gasteiger partial charge in [-0.25, -0.2) is 4.39 Å². The second kappa shape index (κ2) is 7.52. The van der Waals surface area contributed by atoms with Crippen molar-refractivity contribution in [3.8, 4) is 0 Å². The minimum atomic E-state index is -0.320. The summed E-state index contributed by atoms with van der Waals surface area (Å²) in [6.45, 7) is 4.15. The number of rotatable bonds is 4. The van der Waals surface area contributed by atoms with Crippen molar-refractivity contribution < 1.29 is 18.7 Å². The van der Waals surface area contributed by atoms with Crippen LogP contribution in [-0.4, -0.2) is 50.1 Å². The average molecular weight is 348 g/mol. The summed E-state index contributed by atoms with van der Waals surface area (Å²) in [6, 6.07) is 4.63. The molecule has 2 atom stereocenters. The summed E-state index contributed by atoms with van der Waals surface area (Å²) in [6.07, 6.45) is 2.27. The highest BCUT2D eigenvalue weighted by atomic mass is 19.1. The van der Waals surface area contributed by atoms with Crippen LogP contribution in [0.15, 0.2) is 18.2 Å². The lowest BCUT2D eigenvalue weighted by atomic mass is 9.97. The third-order valence-electron chi connectivity index (χ3n) is 5.16. The van der Waals surface area contributed by atoms with Gasteiger partial charge in [-0.2, -0.15) is 0 Å². The number of anilines is 1. The number of halogens is 1. The molecule has 0 spiro atoms. The molecule has 0 unspecified atom stereocenters. The molecule has 6 heteroatoms. The minimum Gasteiger partial charge on any atom is -0.384 e. The molecule has 2 aliphatic rings. The van der Waals surface area contributed by atoms with Gasteiger partial charge in [-0.3, -0.25) is 9.59 Å². The van der Waals surface area contributed by atoms with Gasteiger partial charge in [-0.1, -0.05) is 0 Å². The fourth-order valence-electron chi connectivity index (χ4n) is 3.81. The number of piperidine rings is 1. The molecule has 0 radical (unpaired) electrons. The molecule has 0 N–H and O–H groups in total. The van der Waals surface area contributed by atoms with Crippen LogP contribution in [0.1, 0.15) is 24.8 Å². The van der Waals surface area contributed by atoms with E-state index in [0.29, 0.717) is 36.9 Å². The van der Waals surface area contributed by atoms with Gasteiger partial charge in [0.1, 0.15) is 5.82 Å². The maximum Gasteiger partial charge on any atom is 0.228 e. The first kappa shape index (κ1) is 17.9. The van der Waals surface area contributed by atoms with Crippen molar-refractivity contribution >= 4 is 17.5 Å². The summed E-state index contributed by atoms with van der Waals surface area (Å²) < 4.78 is 18.7. The summed E-state index contributed by atoms with van der Waals surface area (Å²) in [7, 11) is 1.68. The Morgan fingerprint density at radius 3 is 2.88 bits per heavy atom. The summed E-state index contributed by atoms with van der Waals surface area (Å²) >= 11 is 0. The zero-order valence-electron chi connectivity index (χ0n) is 14.8. The Hall–Kier alpha value is -1.95. The predicted molar refractivity (Wildman–Crippen MR) is 92.8 cm³/mol. The molecule has 2 saturated heterocycles. The normalized spacial score (nSPS) is 24.0. The van der Waals surface area contributed by atoms with Gasteiger partial charge < -0.3 is 14.5 Å². The van der Waals surface area contributed by atoms with Crippen molar-refractivity contribution in [1.82, 2.24) is 4.90 Å². The van der Waals surface area contributed by atoms with Crippen molar-refractivity contribution in [2.24, 2.45) is 11.8 Å². The van der Waals surface area contributed by atoms with Gasteiger partial charge in [0.25, 0.3) is 0 Å². The summed E-state index contributed by atoms with van der Waals surface area (Å²) in [4.78, 5) is 28.7. The van der Waals surface area contributed by atoms with Crippen LogP contribution in [0.25, 0.3) is 0 Å². The van der Waals surface area contributed by atoms with E-state index in [9.17, 15) is 14.0 Å².